The number of ether oxygens (including phenoxy) is 1. The van der Waals surface area contributed by atoms with Crippen molar-refractivity contribution in [3.05, 3.63) is 65.5 Å². The fraction of sp³-hybridized carbons (Fsp3) is 0.417. The van der Waals surface area contributed by atoms with Crippen molar-refractivity contribution < 1.29 is 18.7 Å². The molecule has 0 aliphatic carbocycles. The number of carbonyl (C=O) groups excluding carboxylic acids is 2. The van der Waals surface area contributed by atoms with Gasteiger partial charge >= 0.3 is 0 Å². The molecule has 7 heteroatoms. The van der Waals surface area contributed by atoms with E-state index in [9.17, 15) is 14.0 Å². The zero-order valence-electron chi connectivity index (χ0n) is 17.8. The number of benzene rings is 2. The summed E-state index contributed by atoms with van der Waals surface area (Å²) in [5.74, 6) is 0.514. The molecule has 0 saturated carbocycles. The molecule has 0 unspecified atom stereocenters. The molecule has 0 N–H and O–H groups in total. The number of methoxy groups -OCH3 is 1. The third-order valence-corrected chi connectivity index (χ3v) is 6.13. The van der Waals surface area contributed by atoms with Crippen LogP contribution in [0.4, 0.5) is 4.39 Å². The first-order chi connectivity index (χ1) is 15.0. The van der Waals surface area contributed by atoms with Gasteiger partial charge in [0, 0.05) is 44.8 Å². The van der Waals surface area contributed by atoms with Crippen LogP contribution < -0.4 is 4.74 Å². The van der Waals surface area contributed by atoms with Gasteiger partial charge in [0.25, 0.3) is 5.91 Å². The molecule has 0 bridgehead atoms. The lowest BCUT2D eigenvalue weighted by Crippen LogP contribution is -2.44. The molecule has 2 aromatic carbocycles. The van der Waals surface area contributed by atoms with Gasteiger partial charge < -0.3 is 14.5 Å². The molecule has 164 valence electrons. The van der Waals surface area contributed by atoms with Crippen LogP contribution in [0.2, 0.25) is 0 Å². The lowest BCUT2D eigenvalue weighted by Gasteiger charge is -2.26. The van der Waals surface area contributed by atoms with Crippen molar-refractivity contribution in [3.63, 3.8) is 0 Å². The molecule has 0 aromatic heterocycles. The van der Waals surface area contributed by atoms with Gasteiger partial charge in [0.05, 0.1) is 13.2 Å². The van der Waals surface area contributed by atoms with E-state index in [4.69, 9.17) is 4.74 Å². The highest BCUT2D eigenvalue weighted by Crippen LogP contribution is 2.22. The molecule has 0 radical (unpaired) electrons. The van der Waals surface area contributed by atoms with E-state index < -0.39 is 0 Å². The standard InChI is InChI=1S/C24H28FN3O3/c1-31-21-5-2-4-19(16-21)23(29)27-12-3-11-26(14-15-27)22-10-13-28(24(22)30)17-18-6-8-20(25)9-7-18/h2,4-9,16,22H,3,10-15,17H2,1H3/t22-/m1/s1. The SMILES string of the molecule is COc1cccc(C(=O)N2CCCN([C@@H]3CCN(Cc4ccc(F)cc4)C3=O)CC2)c1. The van der Waals surface area contributed by atoms with Gasteiger partial charge in [0.2, 0.25) is 5.91 Å². The summed E-state index contributed by atoms with van der Waals surface area (Å²) in [6.45, 7) is 3.94. The molecule has 2 aliphatic heterocycles. The van der Waals surface area contributed by atoms with E-state index in [0.29, 0.717) is 44.0 Å². The fourth-order valence-electron chi connectivity index (χ4n) is 4.42. The smallest absolute Gasteiger partial charge is 0.254 e. The van der Waals surface area contributed by atoms with Crippen LogP contribution in [0.25, 0.3) is 0 Å². The summed E-state index contributed by atoms with van der Waals surface area (Å²) in [7, 11) is 1.59. The van der Waals surface area contributed by atoms with Crippen molar-refractivity contribution in [1.29, 1.82) is 0 Å². The monoisotopic (exact) mass is 425 g/mol. The van der Waals surface area contributed by atoms with Crippen LogP contribution in [0.5, 0.6) is 5.75 Å². The van der Waals surface area contributed by atoms with Crippen LogP contribution in [0.1, 0.15) is 28.8 Å². The summed E-state index contributed by atoms with van der Waals surface area (Å²) in [4.78, 5) is 31.9. The van der Waals surface area contributed by atoms with E-state index in [2.05, 4.69) is 4.90 Å². The first-order valence-electron chi connectivity index (χ1n) is 10.8. The molecule has 2 aliphatic rings. The molecule has 2 amide bonds. The highest BCUT2D eigenvalue weighted by atomic mass is 19.1. The Kier molecular flexibility index (Phi) is 6.51. The maximum atomic E-state index is 13.1. The van der Waals surface area contributed by atoms with Crippen LogP contribution in [-0.2, 0) is 11.3 Å². The zero-order chi connectivity index (χ0) is 21.8. The number of likely N-dealkylation sites (tertiary alicyclic amines) is 1. The summed E-state index contributed by atoms with van der Waals surface area (Å²) in [6.07, 6.45) is 1.61. The second kappa shape index (κ2) is 9.47. The number of carbonyl (C=O) groups is 2. The normalized spacial score (nSPS) is 20.1. The van der Waals surface area contributed by atoms with Gasteiger partial charge in [-0.1, -0.05) is 18.2 Å². The minimum absolute atomic E-state index is 0.00330. The van der Waals surface area contributed by atoms with Crippen molar-refractivity contribution in [1.82, 2.24) is 14.7 Å². The van der Waals surface area contributed by atoms with Gasteiger partial charge in [0.15, 0.2) is 0 Å². The van der Waals surface area contributed by atoms with E-state index in [-0.39, 0.29) is 23.7 Å². The van der Waals surface area contributed by atoms with Crippen molar-refractivity contribution in [2.45, 2.75) is 25.4 Å². The quantitative estimate of drug-likeness (QED) is 0.739. The number of amides is 2. The van der Waals surface area contributed by atoms with Crippen molar-refractivity contribution in [3.8, 4) is 5.75 Å². The van der Waals surface area contributed by atoms with Crippen molar-refractivity contribution in [2.75, 3.05) is 39.8 Å². The van der Waals surface area contributed by atoms with Gasteiger partial charge in [-0.05, 0) is 48.7 Å². The average Bonchev–Trinajstić information content (AvgIpc) is 3.00. The Morgan fingerprint density at radius 2 is 1.87 bits per heavy atom. The minimum atomic E-state index is -0.271. The Balaban J connectivity index is 1.35. The Bertz CT molecular complexity index is 934. The number of rotatable bonds is 5. The maximum absolute atomic E-state index is 13.1. The topological polar surface area (TPSA) is 53.1 Å². The first-order valence-corrected chi connectivity index (χ1v) is 10.8. The van der Waals surface area contributed by atoms with Gasteiger partial charge in [-0.15, -0.1) is 0 Å². The number of hydrogen-bond acceptors (Lipinski definition) is 4. The maximum Gasteiger partial charge on any atom is 0.254 e. The average molecular weight is 426 g/mol. The molecule has 31 heavy (non-hydrogen) atoms. The van der Waals surface area contributed by atoms with Gasteiger partial charge in [0.1, 0.15) is 11.6 Å². The third-order valence-electron chi connectivity index (χ3n) is 6.13. The summed E-state index contributed by atoms with van der Waals surface area (Å²) < 4.78 is 18.4. The van der Waals surface area contributed by atoms with E-state index >= 15 is 0 Å². The Hall–Kier alpha value is -2.93. The lowest BCUT2D eigenvalue weighted by molar-refractivity contribution is -0.132. The third kappa shape index (κ3) is 4.88. The van der Waals surface area contributed by atoms with E-state index in [0.717, 1.165) is 24.9 Å². The second-order valence-electron chi connectivity index (χ2n) is 8.10. The molecular formula is C24H28FN3O3. The molecule has 2 saturated heterocycles. The van der Waals surface area contributed by atoms with E-state index in [1.54, 1.807) is 31.4 Å². The van der Waals surface area contributed by atoms with Crippen LogP contribution in [0.3, 0.4) is 0 Å². The van der Waals surface area contributed by atoms with Gasteiger partial charge in [-0.25, -0.2) is 4.39 Å². The fourth-order valence-corrected chi connectivity index (χ4v) is 4.42. The van der Waals surface area contributed by atoms with Crippen LogP contribution >= 0.6 is 0 Å². The number of nitrogens with zero attached hydrogens (tertiary/aromatic N) is 3. The summed E-state index contributed by atoms with van der Waals surface area (Å²) in [6, 6.07) is 13.4. The van der Waals surface area contributed by atoms with Crippen LogP contribution in [-0.4, -0.2) is 72.4 Å². The second-order valence-corrected chi connectivity index (χ2v) is 8.10. The molecule has 1 atom stereocenters. The highest BCUT2D eigenvalue weighted by Gasteiger charge is 2.36. The first kappa shape index (κ1) is 21.3. The molecule has 2 heterocycles. The molecule has 2 aromatic rings. The van der Waals surface area contributed by atoms with Crippen LogP contribution in [0, 0.1) is 5.82 Å². The Morgan fingerprint density at radius 1 is 1.06 bits per heavy atom. The highest BCUT2D eigenvalue weighted by molar-refractivity contribution is 5.94. The van der Waals surface area contributed by atoms with Crippen molar-refractivity contribution in [2.24, 2.45) is 0 Å². The predicted octanol–water partition coefficient (Wildman–Crippen LogP) is 2.78. The van der Waals surface area contributed by atoms with E-state index in [1.807, 2.05) is 21.9 Å². The molecule has 4 rings (SSSR count). The molecule has 6 nitrogen and oxygen atoms in total. The summed E-state index contributed by atoms with van der Waals surface area (Å²) in [5, 5.41) is 0. The van der Waals surface area contributed by atoms with Gasteiger partial charge in [-0.2, -0.15) is 0 Å². The van der Waals surface area contributed by atoms with E-state index in [1.165, 1.54) is 12.1 Å². The minimum Gasteiger partial charge on any atom is -0.497 e. The Labute approximate surface area is 182 Å². The van der Waals surface area contributed by atoms with Gasteiger partial charge in [-0.3, -0.25) is 14.5 Å². The number of halogens is 1. The Morgan fingerprint density at radius 3 is 2.65 bits per heavy atom. The van der Waals surface area contributed by atoms with Crippen molar-refractivity contribution >= 4 is 11.8 Å². The predicted molar refractivity (Wildman–Crippen MR) is 115 cm³/mol. The zero-order valence-corrected chi connectivity index (χ0v) is 17.8. The molecule has 2 fully saturated rings. The molecule has 0 spiro atoms. The largest absolute Gasteiger partial charge is 0.497 e. The summed E-state index contributed by atoms with van der Waals surface area (Å²) >= 11 is 0. The van der Waals surface area contributed by atoms with Crippen LogP contribution in [0.15, 0.2) is 48.5 Å². The number of hydrogen-bond donors (Lipinski definition) is 0. The molecular weight excluding hydrogens is 397 g/mol. The lowest BCUT2D eigenvalue weighted by atomic mass is 10.2. The summed E-state index contributed by atoms with van der Waals surface area (Å²) in [5.41, 5.74) is 1.55.